The monoisotopic (exact) mass is 306 g/mol. The van der Waals surface area contributed by atoms with Gasteiger partial charge < -0.3 is 14.6 Å². The van der Waals surface area contributed by atoms with Gasteiger partial charge in [0.15, 0.2) is 0 Å². The molecule has 0 aromatic carbocycles. The molecule has 0 amide bonds. The van der Waals surface area contributed by atoms with E-state index in [2.05, 4.69) is 6.58 Å². The van der Waals surface area contributed by atoms with Gasteiger partial charge in [-0.15, -0.1) is 0 Å². The van der Waals surface area contributed by atoms with Crippen LogP contribution < -0.4 is 0 Å². The Morgan fingerprint density at radius 1 is 1.50 bits per heavy atom. The van der Waals surface area contributed by atoms with Crippen molar-refractivity contribution in [3.8, 4) is 0 Å². The van der Waals surface area contributed by atoms with E-state index in [4.69, 9.17) is 9.47 Å². The third-order valence-electron chi connectivity index (χ3n) is 5.58. The van der Waals surface area contributed by atoms with Gasteiger partial charge in [-0.05, 0) is 32.1 Å². The second kappa shape index (κ2) is 4.69. The lowest BCUT2D eigenvalue weighted by atomic mass is 9.55. The summed E-state index contributed by atoms with van der Waals surface area (Å²) < 4.78 is 10.8. The largest absolute Gasteiger partial charge is 0.462 e. The van der Waals surface area contributed by atoms with Crippen LogP contribution in [0.2, 0.25) is 0 Å². The molecule has 0 bridgehead atoms. The van der Waals surface area contributed by atoms with Crippen LogP contribution in [0.1, 0.15) is 46.5 Å². The van der Waals surface area contributed by atoms with Crippen LogP contribution in [0, 0.1) is 11.3 Å². The molecule has 2 aliphatic carbocycles. The van der Waals surface area contributed by atoms with Gasteiger partial charge in [0.05, 0.1) is 0 Å². The molecule has 0 spiro atoms. The van der Waals surface area contributed by atoms with E-state index < -0.39 is 17.2 Å². The molecule has 0 radical (unpaired) electrons. The van der Waals surface area contributed by atoms with E-state index in [1.54, 1.807) is 6.92 Å². The van der Waals surface area contributed by atoms with Crippen molar-refractivity contribution in [2.75, 3.05) is 0 Å². The summed E-state index contributed by atoms with van der Waals surface area (Å²) >= 11 is 0. The second-order valence-corrected chi connectivity index (χ2v) is 7.01. The number of hydrogen-bond acceptors (Lipinski definition) is 5. The Hall–Kier alpha value is -1.62. The van der Waals surface area contributed by atoms with Gasteiger partial charge in [0.25, 0.3) is 0 Å². The Balaban J connectivity index is 2.02. The number of fused-ring (bicyclic) bond motifs is 2. The Kier molecular flexibility index (Phi) is 3.25. The van der Waals surface area contributed by atoms with Crippen molar-refractivity contribution >= 4 is 11.9 Å². The van der Waals surface area contributed by atoms with E-state index in [-0.39, 0.29) is 24.4 Å². The first-order valence-electron chi connectivity index (χ1n) is 7.68. The Morgan fingerprint density at radius 2 is 2.18 bits per heavy atom. The van der Waals surface area contributed by atoms with Crippen molar-refractivity contribution in [2.24, 2.45) is 11.3 Å². The van der Waals surface area contributed by atoms with Crippen molar-refractivity contribution in [2.45, 2.75) is 58.3 Å². The van der Waals surface area contributed by atoms with Crippen molar-refractivity contribution in [3.05, 3.63) is 23.3 Å². The van der Waals surface area contributed by atoms with Crippen molar-refractivity contribution < 1.29 is 24.2 Å². The van der Waals surface area contributed by atoms with Crippen molar-refractivity contribution in [1.82, 2.24) is 0 Å². The second-order valence-electron chi connectivity index (χ2n) is 7.01. The molecule has 5 heteroatoms. The average Bonchev–Trinajstić information content (AvgIpc) is 2.61. The first kappa shape index (κ1) is 15.3. The van der Waals surface area contributed by atoms with E-state index in [1.807, 2.05) is 6.92 Å². The van der Waals surface area contributed by atoms with Crippen LogP contribution in [0.5, 0.6) is 0 Å². The number of allylic oxidation sites excluding steroid dienone is 1. The van der Waals surface area contributed by atoms with Crippen LogP contribution in [0.3, 0.4) is 0 Å². The Bertz CT molecular complexity index is 604. The predicted octanol–water partition coefficient (Wildman–Crippen LogP) is 2.25. The minimum absolute atomic E-state index is 0.0744. The topological polar surface area (TPSA) is 72.8 Å². The summed E-state index contributed by atoms with van der Waals surface area (Å²) in [6, 6.07) is 0. The molecule has 0 aromatic heterocycles. The average molecular weight is 306 g/mol. The van der Waals surface area contributed by atoms with Crippen molar-refractivity contribution in [3.63, 3.8) is 0 Å². The van der Waals surface area contributed by atoms with Gasteiger partial charge in [0, 0.05) is 29.9 Å². The molecule has 1 N–H and O–H groups in total. The van der Waals surface area contributed by atoms with Crippen LogP contribution in [0.4, 0.5) is 0 Å². The number of esters is 2. The van der Waals surface area contributed by atoms with E-state index in [9.17, 15) is 14.7 Å². The van der Waals surface area contributed by atoms with E-state index in [0.717, 1.165) is 12.0 Å². The zero-order chi connectivity index (χ0) is 16.3. The summed E-state index contributed by atoms with van der Waals surface area (Å²) in [5.74, 6) is -2.28. The zero-order valence-corrected chi connectivity index (χ0v) is 13.3. The number of ether oxygens (including phenoxy) is 2. The molecule has 2 saturated carbocycles. The lowest BCUT2D eigenvalue weighted by Gasteiger charge is -2.53. The van der Waals surface area contributed by atoms with E-state index in [0.29, 0.717) is 24.0 Å². The Morgan fingerprint density at radius 3 is 2.82 bits per heavy atom. The fraction of sp³-hybridized carbons (Fsp3) is 0.647. The molecule has 1 aliphatic heterocycles. The van der Waals surface area contributed by atoms with Crippen LogP contribution in [0.15, 0.2) is 23.3 Å². The smallest absolute Gasteiger partial charge is 0.336 e. The number of hydrogen-bond donors (Lipinski definition) is 1. The van der Waals surface area contributed by atoms with Gasteiger partial charge in [0.2, 0.25) is 5.79 Å². The summed E-state index contributed by atoms with van der Waals surface area (Å²) in [6.07, 6.45) is 1.94. The molecule has 3 aliphatic rings. The fourth-order valence-electron chi connectivity index (χ4n) is 4.40. The quantitative estimate of drug-likeness (QED) is 0.594. The third-order valence-corrected chi connectivity index (χ3v) is 5.58. The molecule has 22 heavy (non-hydrogen) atoms. The predicted molar refractivity (Wildman–Crippen MR) is 78.5 cm³/mol. The molecule has 1 heterocycles. The first-order chi connectivity index (χ1) is 10.2. The SMILES string of the molecule is C=C1CCC(OC(C)=O)C2(C)CC3(O)OC(=O)C(C)=C3CC12. The maximum absolute atomic E-state index is 11.8. The molecule has 0 aromatic rings. The number of rotatable bonds is 1. The molecule has 4 unspecified atom stereocenters. The lowest BCUT2D eigenvalue weighted by Crippen LogP contribution is -2.55. The summed E-state index contributed by atoms with van der Waals surface area (Å²) in [5, 5.41) is 10.8. The fourth-order valence-corrected chi connectivity index (χ4v) is 4.40. The lowest BCUT2D eigenvalue weighted by molar-refractivity contribution is -0.217. The maximum Gasteiger partial charge on any atom is 0.336 e. The molecular weight excluding hydrogens is 284 g/mol. The number of carbonyl (C=O) groups is 2. The van der Waals surface area contributed by atoms with Crippen LogP contribution >= 0.6 is 0 Å². The van der Waals surface area contributed by atoms with E-state index >= 15 is 0 Å². The van der Waals surface area contributed by atoms with Gasteiger partial charge in [-0.2, -0.15) is 0 Å². The molecule has 2 fully saturated rings. The Labute approximate surface area is 130 Å². The van der Waals surface area contributed by atoms with Gasteiger partial charge in [-0.3, -0.25) is 4.79 Å². The van der Waals surface area contributed by atoms with Gasteiger partial charge >= 0.3 is 11.9 Å². The number of aliphatic hydroxyl groups is 1. The van der Waals surface area contributed by atoms with Crippen LogP contribution in [-0.4, -0.2) is 28.9 Å². The number of carbonyl (C=O) groups excluding carboxylic acids is 2. The minimum Gasteiger partial charge on any atom is -0.462 e. The van der Waals surface area contributed by atoms with Crippen LogP contribution in [-0.2, 0) is 19.1 Å². The summed E-state index contributed by atoms with van der Waals surface area (Å²) in [6.45, 7) is 9.24. The summed E-state index contributed by atoms with van der Waals surface area (Å²) in [5.41, 5.74) is 1.76. The minimum atomic E-state index is -1.57. The molecule has 120 valence electrons. The van der Waals surface area contributed by atoms with Gasteiger partial charge in [-0.1, -0.05) is 19.1 Å². The molecule has 4 atom stereocenters. The highest BCUT2D eigenvalue weighted by molar-refractivity contribution is 5.92. The van der Waals surface area contributed by atoms with Gasteiger partial charge in [-0.25, -0.2) is 4.79 Å². The molecule has 0 saturated heterocycles. The van der Waals surface area contributed by atoms with Gasteiger partial charge in [0.1, 0.15) is 6.10 Å². The summed E-state index contributed by atoms with van der Waals surface area (Å²) in [4.78, 5) is 23.3. The summed E-state index contributed by atoms with van der Waals surface area (Å²) in [7, 11) is 0. The highest BCUT2D eigenvalue weighted by Gasteiger charge is 2.60. The normalized spacial score (nSPS) is 40.9. The highest BCUT2D eigenvalue weighted by Crippen LogP contribution is 2.59. The maximum atomic E-state index is 11.8. The van der Waals surface area contributed by atoms with Crippen molar-refractivity contribution in [1.29, 1.82) is 0 Å². The standard InChI is InChI=1S/C17H22O5/c1-9-5-6-14(21-11(3)18)16(4)8-17(20)13(7-12(9)16)10(2)15(19)22-17/h12,14,20H,1,5-8H2,2-4H3. The molecular formula is C17H22O5. The molecule has 3 rings (SSSR count). The van der Waals surface area contributed by atoms with E-state index in [1.165, 1.54) is 6.92 Å². The van der Waals surface area contributed by atoms with Crippen LogP contribution in [0.25, 0.3) is 0 Å². The first-order valence-corrected chi connectivity index (χ1v) is 7.68. The molecule has 5 nitrogen and oxygen atoms in total. The highest BCUT2D eigenvalue weighted by atomic mass is 16.7. The third kappa shape index (κ3) is 2.02. The zero-order valence-electron chi connectivity index (χ0n) is 13.3.